The van der Waals surface area contributed by atoms with Crippen molar-refractivity contribution in [1.82, 2.24) is 34.9 Å². The van der Waals surface area contributed by atoms with Gasteiger partial charge in [-0.25, -0.2) is 19.9 Å². The number of aryl methyl sites for hydroxylation is 9. The third-order valence-electron chi connectivity index (χ3n) is 20.8. The molecule has 0 fully saturated rings. The predicted molar refractivity (Wildman–Crippen MR) is 544 cm³/mol. The predicted octanol–water partition coefficient (Wildman–Crippen LogP) is 33.1. The molecule has 0 aliphatic heterocycles. The van der Waals surface area contributed by atoms with Gasteiger partial charge >= 0.3 is 0 Å². The number of para-hydroxylation sites is 2. The molecule has 0 aliphatic rings. The van der Waals surface area contributed by atoms with E-state index >= 15 is 0 Å². The number of H-pyrrole nitrogens is 1. The van der Waals surface area contributed by atoms with Gasteiger partial charge in [-0.3, -0.25) is 9.97 Å². The second-order valence-electron chi connectivity index (χ2n) is 30.1. The van der Waals surface area contributed by atoms with Gasteiger partial charge in [0, 0.05) is 131 Å². The molecule has 12 aromatic carbocycles. The number of benzene rings is 12. The molecule has 0 atom stereocenters. The Hall–Kier alpha value is -14.4. The molecule has 0 amide bonds. The zero-order chi connectivity index (χ0) is 86.9. The van der Waals surface area contributed by atoms with E-state index in [4.69, 9.17) is 8.83 Å². The Morgan fingerprint density at radius 1 is 0.254 bits per heavy atom. The second-order valence-corrected chi connectivity index (χ2v) is 34.7. The molecule has 0 radical (unpaired) electrons. The Balaban J connectivity index is 0.000000108. The van der Waals surface area contributed by atoms with Gasteiger partial charge in [0.15, 0.2) is 0 Å². The Bertz CT molecular complexity index is 7220. The highest BCUT2D eigenvalue weighted by molar-refractivity contribution is 7.26. The van der Waals surface area contributed by atoms with E-state index in [1.807, 2.05) is 180 Å². The van der Waals surface area contributed by atoms with E-state index in [9.17, 15) is 0 Å². The molecule has 13 aromatic heterocycles. The molecule has 1 N–H and O–H groups in total. The Morgan fingerprint density at radius 3 is 1.14 bits per heavy atom. The number of nitrogens with zero attached hydrogens (tertiary/aromatic N) is 6. The van der Waals surface area contributed by atoms with E-state index in [1.165, 1.54) is 115 Å². The molecule has 13 heteroatoms. The summed E-state index contributed by atoms with van der Waals surface area (Å²) in [6, 6.07) is 129. The lowest BCUT2D eigenvalue weighted by atomic mass is 10.0. The first-order chi connectivity index (χ1) is 61.7. The van der Waals surface area contributed by atoms with E-state index in [1.54, 1.807) is 35.1 Å². The average Bonchev–Trinajstić information content (AvgIpc) is 1.52. The maximum Gasteiger partial charge on any atom is 0.227 e. The maximum absolute atomic E-state index is 5.62. The van der Waals surface area contributed by atoms with Gasteiger partial charge in [-0.05, 0) is 255 Å². The van der Waals surface area contributed by atoms with Crippen molar-refractivity contribution in [2.24, 2.45) is 0 Å². The van der Waals surface area contributed by atoms with Crippen molar-refractivity contribution in [3.05, 3.63) is 456 Å². The summed E-state index contributed by atoms with van der Waals surface area (Å²) in [7, 11) is 0. The molecule has 0 bridgehead atoms. The monoisotopic (exact) mass is 1710 g/mol. The highest BCUT2D eigenvalue weighted by atomic mass is 32.1. The fourth-order valence-electron chi connectivity index (χ4n) is 14.3. The number of hydrogen-bond donors (Lipinski definition) is 1. The molecule has 13 heterocycles. The number of aromatic amines is 1. The number of nitrogens with one attached hydrogen (secondary N) is 1. The molecular weight excluding hydrogens is 1620 g/mol. The summed E-state index contributed by atoms with van der Waals surface area (Å²) in [6.07, 6.45) is 9.14. The van der Waals surface area contributed by atoms with Crippen LogP contribution in [0.25, 0.3) is 148 Å². The van der Waals surface area contributed by atoms with E-state index in [2.05, 4.69) is 335 Å². The summed E-state index contributed by atoms with van der Waals surface area (Å²) < 4.78 is 16.7. The Morgan fingerprint density at radius 2 is 0.683 bits per heavy atom. The molecule has 0 spiro atoms. The van der Waals surface area contributed by atoms with Crippen LogP contribution in [0.3, 0.4) is 0 Å². The van der Waals surface area contributed by atoms with Crippen LogP contribution in [0.2, 0.25) is 0 Å². The number of rotatable bonds is 1. The van der Waals surface area contributed by atoms with Crippen molar-refractivity contribution >= 4 is 183 Å². The molecule has 0 aliphatic carbocycles. The van der Waals surface area contributed by atoms with E-state index in [0.717, 1.165) is 82.3 Å². The second kappa shape index (κ2) is 42.6. The first-order valence-corrected chi connectivity index (χ1v) is 45.1. The summed E-state index contributed by atoms with van der Waals surface area (Å²) in [6.45, 7) is 18.5. The Labute approximate surface area is 750 Å². The minimum atomic E-state index is 0.728. The van der Waals surface area contributed by atoms with Crippen LogP contribution in [-0.2, 0) is 0 Å². The SMILES string of the molecule is Cc1cc2ccccc2s1.Cc1ccc2c(n1)oc1ccccc12.Cc1ccc2c(n1)oc1ccccc12.Cc1ccc2c(n1)sc1ccccc12.Cc1ccc2c(n1)sc1ccccc12.Cc1ccccn1.Cc1cccnc1.Cc1sc2ccccc2c1C.c1cc[nH]c1.c1ccc(-c2ccc3ccccc3c2)cc1.c1ccc2c(c1)ccc1ccccc12. The van der Waals surface area contributed by atoms with Crippen LogP contribution < -0.4 is 0 Å². The summed E-state index contributed by atoms with van der Waals surface area (Å²) in [5, 5.41) is 20.3. The minimum Gasteiger partial charge on any atom is -0.438 e. The number of aromatic nitrogens is 7. The minimum absolute atomic E-state index is 0.728. The van der Waals surface area contributed by atoms with E-state index in [-0.39, 0.29) is 0 Å². The van der Waals surface area contributed by atoms with Crippen LogP contribution in [-0.4, -0.2) is 34.9 Å². The molecule has 0 saturated carbocycles. The largest absolute Gasteiger partial charge is 0.438 e. The molecule has 9 nitrogen and oxygen atoms in total. The van der Waals surface area contributed by atoms with Crippen molar-refractivity contribution in [2.75, 3.05) is 0 Å². The van der Waals surface area contributed by atoms with Crippen molar-refractivity contribution in [3.63, 3.8) is 0 Å². The summed E-state index contributed by atoms with van der Waals surface area (Å²) in [5.74, 6) is 0. The van der Waals surface area contributed by atoms with Gasteiger partial charge in [-0.2, -0.15) is 0 Å². The van der Waals surface area contributed by atoms with Crippen LogP contribution in [0, 0.1) is 62.3 Å². The summed E-state index contributed by atoms with van der Waals surface area (Å²) in [5.41, 5.74) is 13.7. The van der Waals surface area contributed by atoms with Crippen LogP contribution in [0.15, 0.2) is 416 Å². The zero-order valence-corrected chi connectivity index (χ0v) is 75.1. The number of fused-ring (bicyclic) bond motifs is 18. The molecular formula is C113H95N7O2S4. The van der Waals surface area contributed by atoms with Crippen LogP contribution >= 0.6 is 45.3 Å². The lowest BCUT2D eigenvalue weighted by molar-refractivity contribution is 0.652. The molecule has 0 saturated heterocycles. The highest BCUT2D eigenvalue weighted by Gasteiger charge is 2.11. The number of furan rings is 2. The van der Waals surface area contributed by atoms with Crippen LogP contribution in [0.4, 0.5) is 0 Å². The highest BCUT2D eigenvalue weighted by Crippen LogP contribution is 2.36. The number of thiophene rings is 4. The summed E-state index contributed by atoms with van der Waals surface area (Å²) in [4.78, 5) is 33.6. The van der Waals surface area contributed by atoms with Gasteiger partial charge in [0.2, 0.25) is 11.4 Å². The van der Waals surface area contributed by atoms with Gasteiger partial charge in [0.05, 0.1) is 0 Å². The molecule has 25 rings (SSSR count). The zero-order valence-electron chi connectivity index (χ0n) is 71.8. The van der Waals surface area contributed by atoms with Crippen LogP contribution in [0.1, 0.15) is 49.4 Å². The van der Waals surface area contributed by atoms with Gasteiger partial charge in [-0.15, -0.1) is 45.3 Å². The first-order valence-electron chi connectivity index (χ1n) is 41.8. The lowest BCUT2D eigenvalue weighted by Crippen LogP contribution is -1.77. The first kappa shape index (κ1) is 86.5. The standard InChI is InChI=1S/C16H12.C14H10.2C12H9NO.2C12H9NS.C10H10S.C9H8S.2C6H7N.C4H5N/c1-2-6-13(7-3-1)16-11-10-14-8-4-5-9-15(14)12-16;1-3-7-13-11(5-1)9-10-12-6-2-4-8-14(12)13;4*1-8-6-7-10-9-4-2-3-5-11(9)14-12(10)13-8;1-7-8(2)11-10-6-4-3-5-9(7)10;1-7-6-8-4-2-3-5-9(8)10-7;1-6-3-2-4-7-5-6;1-6-4-2-3-5-7-6;1-2-4-5-3-1/h1-12H;1-10H;4*2-7H,1H3;3-6H,1-2H3;2-6H,1H3;2*2-5H,1H3;1-5H. The maximum atomic E-state index is 5.62. The van der Waals surface area contributed by atoms with Crippen molar-refractivity contribution in [3.8, 4) is 11.1 Å². The fraction of sp³-hybridized carbons (Fsp3) is 0.0796. The quantitative estimate of drug-likeness (QED) is 0.161. The number of hydrogen-bond acceptors (Lipinski definition) is 12. The van der Waals surface area contributed by atoms with E-state index in [0.29, 0.717) is 0 Å². The smallest absolute Gasteiger partial charge is 0.227 e. The van der Waals surface area contributed by atoms with Crippen molar-refractivity contribution < 1.29 is 8.83 Å². The normalized spacial score (nSPS) is 10.6. The fourth-order valence-corrected chi connectivity index (χ4v) is 18.6. The van der Waals surface area contributed by atoms with E-state index < -0.39 is 0 Å². The third kappa shape index (κ3) is 22.5. The van der Waals surface area contributed by atoms with Gasteiger partial charge in [-0.1, -0.05) is 249 Å². The molecule has 0 unspecified atom stereocenters. The lowest BCUT2D eigenvalue weighted by Gasteiger charge is -2.03. The van der Waals surface area contributed by atoms with Crippen LogP contribution in [0.5, 0.6) is 0 Å². The van der Waals surface area contributed by atoms with Crippen molar-refractivity contribution in [1.29, 1.82) is 0 Å². The van der Waals surface area contributed by atoms with Gasteiger partial charge in [0.25, 0.3) is 0 Å². The number of pyridine rings is 6. The summed E-state index contributed by atoms with van der Waals surface area (Å²) >= 11 is 7.26. The van der Waals surface area contributed by atoms with Crippen molar-refractivity contribution in [2.45, 2.75) is 62.3 Å². The topological polar surface area (TPSA) is 119 Å². The average molecular weight is 1710 g/mol. The van der Waals surface area contributed by atoms with Gasteiger partial charge in [0.1, 0.15) is 20.8 Å². The third-order valence-corrected chi connectivity index (χ3v) is 25.2. The molecule has 25 aromatic rings. The van der Waals surface area contributed by atoms with Gasteiger partial charge < -0.3 is 13.8 Å². The molecule has 126 heavy (non-hydrogen) atoms. The molecule has 618 valence electrons. The Kier molecular flexibility index (Phi) is 29.2.